The van der Waals surface area contributed by atoms with Gasteiger partial charge in [-0.3, -0.25) is 4.79 Å². The third kappa shape index (κ3) is 2.52. The summed E-state index contributed by atoms with van der Waals surface area (Å²) in [6.07, 6.45) is 0.601. The van der Waals surface area contributed by atoms with E-state index in [9.17, 15) is 13.6 Å². The van der Waals surface area contributed by atoms with Crippen LogP contribution in [0.15, 0.2) is 12.1 Å². The first kappa shape index (κ1) is 11.8. The normalized spacial score (nSPS) is 19.3. The Balaban J connectivity index is 2.12. The number of rotatable bonds is 2. The number of amides is 1. The van der Waals surface area contributed by atoms with Gasteiger partial charge >= 0.3 is 0 Å². The largest absolute Gasteiger partial charge is 0.396 e. The molecule has 1 aromatic carbocycles. The van der Waals surface area contributed by atoms with Crippen molar-refractivity contribution in [3.8, 4) is 0 Å². The molecule has 2 rings (SSSR count). The number of hydrogen-bond donors (Lipinski definition) is 2. The molecule has 17 heavy (non-hydrogen) atoms. The highest BCUT2D eigenvalue weighted by Gasteiger charge is 2.24. The summed E-state index contributed by atoms with van der Waals surface area (Å²) in [5.41, 5.74) is 4.99. The predicted molar refractivity (Wildman–Crippen MR) is 58.3 cm³/mol. The lowest BCUT2D eigenvalue weighted by atomic mass is 10.1. The third-order valence-electron chi connectivity index (χ3n) is 2.64. The predicted octanol–water partition coefficient (Wildman–Crippen LogP) is 1.52. The van der Waals surface area contributed by atoms with Gasteiger partial charge in [0.2, 0.25) is 5.91 Å². The van der Waals surface area contributed by atoms with Crippen LogP contribution in [0.3, 0.4) is 0 Å². The second-order valence-electron chi connectivity index (χ2n) is 3.90. The minimum Gasteiger partial charge on any atom is -0.396 e. The number of carbonyl (C=O) groups is 1. The fraction of sp³-hybridized carbons (Fsp3) is 0.364. The molecule has 1 heterocycles. The summed E-state index contributed by atoms with van der Waals surface area (Å²) >= 11 is 0. The van der Waals surface area contributed by atoms with E-state index in [-0.39, 0.29) is 23.2 Å². The van der Waals surface area contributed by atoms with Gasteiger partial charge in [0.15, 0.2) is 0 Å². The minimum atomic E-state index is -0.844. The van der Waals surface area contributed by atoms with Crippen LogP contribution < -0.4 is 11.1 Å². The topological polar surface area (TPSA) is 64.3 Å². The van der Waals surface area contributed by atoms with Crippen molar-refractivity contribution in [3.63, 3.8) is 0 Å². The Kier molecular flexibility index (Phi) is 3.23. The molecule has 0 saturated carbocycles. The molecule has 0 spiro atoms. The van der Waals surface area contributed by atoms with Crippen LogP contribution in [-0.4, -0.2) is 19.1 Å². The molecular formula is C11H12F2N2O2. The Labute approximate surface area is 96.7 Å². The number of benzene rings is 1. The Hall–Kier alpha value is -1.69. The summed E-state index contributed by atoms with van der Waals surface area (Å²) in [6, 6.07) is 1.72. The van der Waals surface area contributed by atoms with E-state index >= 15 is 0 Å². The van der Waals surface area contributed by atoms with E-state index in [1.165, 1.54) is 0 Å². The SMILES string of the molecule is Nc1cc(NC(=O)C2CCOC2)c(F)cc1F. The lowest BCUT2D eigenvalue weighted by molar-refractivity contribution is -0.119. The minimum absolute atomic E-state index is 0.110. The fourth-order valence-electron chi connectivity index (χ4n) is 1.64. The van der Waals surface area contributed by atoms with Crippen LogP contribution >= 0.6 is 0 Å². The zero-order chi connectivity index (χ0) is 12.4. The zero-order valence-corrected chi connectivity index (χ0v) is 9.00. The summed E-state index contributed by atoms with van der Waals surface area (Å²) in [7, 11) is 0. The van der Waals surface area contributed by atoms with Crippen molar-refractivity contribution < 1.29 is 18.3 Å². The third-order valence-corrected chi connectivity index (χ3v) is 2.64. The van der Waals surface area contributed by atoms with Crippen molar-refractivity contribution in [2.75, 3.05) is 24.3 Å². The summed E-state index contributed by atoms with van der Waals surface area (Å²) in [5.74, 6) is -2.32. The van der Waals surface area contributed by atoms with Gasteiger partial charge < -0.3 is 15.8 Å². The first-order valence-electron chi connectivity index (χ1n) is 5.21. The van der Waals surface area contributed by atoms with E-state index in [1.54, 1.807) is 0 Å². The summed E-state index contributed by atoms with van der Waals surface area (Å²) in [5, 5.41) is 2.38. The lowest BCUT2D eigenvalue weighted by Gasteiger charge is -2.11. The second-order valence-corrected chi connectivity index (χ2v) is 3.90. The summed E-state index contributed by atoms with van der Waals surface area (Å²) in [6.45, 7) is 0.844. The van der Waals surface area contributed by atoms with Crippen LogP contribution in [0.2, 0.25) is 0 Å². The molecule has 1 atom stereocenters. The van der Waals surface area contributed by atoms with Crippen LogP contribution in [0.25, 0.3) is 0 Å². The maximum Gasteiger partial charge on any atom is 0.229 e. The van der Waals surface area contributed by atoms with Crippen molar-refractivity contribution in [1.29, 1.82) is 0 Å². The molecule has 0 radical (unpaired) electrons. The van der Waals surface area contributed by atoms with E-state index in [2.05, 4.69) is 5.32 Å². The van der Waals surface area contributed by atoms with Gasteiger partial charge in [-0.1, -0.05) is 0 Å². The van der Waals surface area contributed by atoms with Crippen LogP contribution in [-0.2, 0) is 9.53 Å². The van der Waals surface area contributed by atoms with Crippen molar-refractivity contribution in [2.45, 2.75) is 6.42 Å². The van der Waals surface area contributed by atoms with Crippen LogP contribution in [0.1, 0.15) is 6.42 Å². The standard InChI is InChI=1S/C11H12F2N2O2/c12-7-3-8(13)10(4-9(7)14)15-11(16)6-1-2-17-5-6/h3-4,6H,1-2,5,14H2,(H,15,16). The van der Waals surface area contributed by atoms with Crippen LogP contribution in [0, 0.1) is 17.6 Å². The van der Waals surface area contributed by atoms with Crippen molar-refractivity contribution >= 4 is 17.3 Å². The molecule has 4 nitrogen and oxygen atoms in total. The van der Waals surface area contributed by atoms with Crippen LogP contribution in [0.5, 0.6) is 0 Å². The Morgan fingerprint density at radius 2 is 2.18 bits per heavy atom. The van der Waals surface area contributed by atoms with Gasteiger partial charge in [0, 0.05) is 12.7 Å². The highest BCUT2D eigenvalue weighted by Crippen LogP contribution is 2.22. The molecule has 1 aliphatic rings. The Bertz CT molecular complexity index is 445. The Morgan fingerprint density at radius 3 is 2.82 bits per heavy atom. The monoisotopic (exact) mass is 242 g/mol. The van der Waals surface area contributed by atoms with Gasteiger partial charge in [-0.25, -0.2) is 8.78 Å². The van der Waals surface area contributed by atoms with E-state index in [0.29, 0.717) is 25.7 Å². The first-order chi connectivity index (χ1) is 8.08. The lowest BCUT2D eigenvalue weighted by Crippen LogP contribution is -2.23. The van der Waals surface area contributed by atoms with Gasteiger partial charge in [-0.2, -0.15) is 0 Å². The molecule has 3 N–H and O–H groups in total. The van der Waals surface area contributed by atoms with Gasteiger partial charge in [0.05, 0.1) is 23.9 Å². The molecule has 1 unspecified atom stereocenters. The number of ether oxygens (including phenoxy) is 1. The molecule has 6 heteroatoms. The fourth-order valence-corrected chi connectivity index (χ4v) is 1.64. The van der Waals surface area contributed by atoms with E-state index in [0.717, 1.165) is 6.07 Å². The number of nitrogen functional groups attached to an aromatic ring is 1. The van der Waals surface area contributed by atoms with Crippen molar-refractivity contribution in [3.05, 3.63) is 23.8 Å². The molecule has 1 aliphatic heterocycles. The molecular weight excluding hydrogens is 230 g/mol. The molecule has 0 aliphatic carbocycles. The molecule has 92 valence electrons. The molecule has 1 amide bonds. The smallest absolute Gasteiger partial charge is 0.229 e. The zero-order valence-electron chi connectivity index (χ0n) is 9.00. The van der Waals surface area contributed by atoms with E-state index in [1.807, 2.05) is 0 Å². The highest BCUT2D eigenvalue weighted by atomic mass is 19.1. The molecule has 0 aromatic heterocycles. The summed E-state index contributed by atoms with van der Waals surface area (Å²) < 4.78 is 31.3. The number of hydrogen-bond acceptors (Lipinski definition) is 3. The number of anilines is 2. The highest BCUT2D eigenvalue weighted by molar-refractivity contribution is 5.93. The maximum atomic E-state index is 13.3. The number of nitrogens with two attached hydrogens (primary N) is 1. The summed E-state index contributed by atoms with van der Waals surface area (Å²) in [4.78, 5) is 11.7. The number of carbonyl (C=O) groups excluding carboxylic acids is 1. The van der Waals surface area contributed by atoms with Crippen molar-refractivity contribution in [1.82, 2.24) is 0 Å². The van der Waals surface area contributed by atoms with Crippen LogP contribution in [0.4, 0.5) is 20.2 Å². The molecule has 1 saturated heterocycles. The molecule has 0 bridgehead atoms. The van der Waals surface area contributed by atoms with Gasteiger partial charge in [0.1, 0.15) is 11.6 Å². The number of nitrogens with one attached hydrogen (secondary N) is 1. The number of halogens is 2. The average Bonchev–Trinajstić information content (AvgIpc) is 2.79. The average molecular weight is 242 g/mol. The molecule has 1 aromatic rings. The van der Waals surface area contributed by atoms with E-state index in [4.69, 9.17) is 10.5 Å². The van der Waals surface area contributed by atoms with Gasteiger partial charge in [-0.05, 0) is 12.5 Å². The van der Waals surface area contributed by atoms with Gasteiger partial charge in [-0.15, -0.1) is 0 Å². The second kappa shape index (κ2) is 4.67. The first-order valence-corrected chi connectivity index (χ1v) is 5.21. The molecule has 1 fully saturated rings. The Morgan fingerprint density at radius 1 is 1.41 bits per heavy atom. The van der Waals surface area contributed by atoms with E-state index < -0.39 is 11.6 Å². The maximum absolute atomic E-state index is 13.3. The van der Waals surface area contributed by atoms with Gasteiger partial charge in [0.25, 0.3) is 0 Å². The quantitative estimate of drug-likeness (QED) is 0.773. The van der Waals surface area contributed by atoms with Crippen molar-refractivity contribution in [2.24, 2.45) is 5.92 Å².